The zero-order valence-electron chi connectivity index (χ0n) is 14.9. The van der Waals surface area contributed by atoms with Crippen LogP contribution in [0.3, 0.4) is 0 Å². The summed E-state index contributed by atoms with van der Waals surface area (Å²) >= 11 is 0. The normalized spacial score (nSPS) is 17.9. The summed E-state index contributed by atoms with van der Waals surface area (Å²) in [6.07, 6.45) is 3.54. The SMILES string of the molecule is CC1CCCN(CCCNC(=O)CNC(=O)Cc2cccc(F)c2)C1. The molecule has 25 heavy (non-hydrogen) atoms. The van der Waals surface area contributed by atoms with Crippen LogP contribution in [-0.4, -0.2) is 49.4 Å². The number of hydrogen-bond acceptors (Lipinski definition) is 3. The molecule has 0 saturated carbocycles. The lowest BCUT2D eigenvalue weighted by Crippen LogP contribution is -2.39. The van der Waals surface area contributed by atoms with Gasteiger partial charge in [-0.05, 0) is 56.0 Å². The second-order valence-corrected chi connectivity index (χ2v) is 6.83. The molecule has 0 bridgehead atoms. The molecule has 1 saturated heterocycles. The quantitative estimate of drug-likeness (QED) is 0.703. The summed E-state index contributed by atoms with van der Waals surface area (Å²) < 4.78 is 13.1. The van der Waals surface area contributed by atoms with E-state index < -0.39 is 0 Å². The van der Waals surface area contributed by atoms with Crippen LogP contribution in [0.5, 0.6) is 0 Å². The fraction of sp³-hybridized carbons (Fsp3) is 0.579. The maximum Gasteiger partial charge on any atom is 0.239 e. The highest BCUT2D eigenvalue weighted by Gasteiger charge is 2.15. The van der Waals surface area contributed by atoms with Crippen LogP contribution in [-0.2, 0) is 16.0 Å². The first-order valence-electron chi connectivity index (χ1n) is 9.03. The van der Waals surface area contributed by atoms with Crippen LogP contribution < -0.4 is 10.6 Å². The van der Waals surface area contributed by atoms with Gasteiger partial charge in [-0.1, -0.05) is 19.1 Å². The van der Waals surface area contributed by atoms with E-state index in [-0.39, 0.29) is 30.6 Å². The standard InChI is InChI=1S/C19H28FN3O2/c1-15-5-3-9-23(14-15)10-4-8-21-19(25)13-22-18(24)12-16-6-2-7-17(20)11-16/h2,6-7,11,15H,3-5,8-10,12-14H2,1H3,(H,21,25)(H,22,24). The molecule has 6 heteroatoms. The van der Waals surface area contributed by atoms with Crippen molar-refractivity contribution in [2.75, 3.05) is 32.7 Å². The predicted molar refractivity (Wildman–Crippen MR) is 95.6 cm³/mol. The number of amides is 2. The van der Waals surface area contributed by atoms with Gasteiger partial charge in [0.1, 0.15) is 5.82 Å². The average Bonchev–Trinajstić information content (AvgIpc) is 2.57. The van der Waals surface area contributed by atoms with E-state index in [4.69, 9.17) is 0 Å². The Balaban J connectivity index is 1.55. The van der Waals surface area contributed by atoms with Crippen molar-refractivity contribution in [1.82, 2.24) is 15.5 Å². The molecule has 1 fully saturated rings. The van der Waals surface area contributed by atoms with Gasteiger partial charge in [-0.2, -0.15) is 0 Å². The summed E-state index contributed by atoms with van der Waals surface area (Å²) in [5.74, 6) is -0.0922. The van der Waals surface area contributed by atoms with E-state index in [1.807, 2.05) is 0 Å². The minimum absolute atomic E-state index is 0.0467. The average molecular weight is 349 g/mol. The molecule has 0 aromatic heterocycles. The van der Waals surface area contributed by atoms with Crippen molar-refractivity contribution in [3.63, 3.8) is 0 Å². The highest BCUT2D eigenvalue weighted by atomic mass is 19.1. The Labute approximate surface area is 149 Å². The molecular weight excluding hydrogens is 321 g/mol. The topological polar surface area (TPSA) is 61.4 Å². The summed E-state index contributed by atoms with van der Waals surface area (Å²) in [6.45, 7) is 6.13. The maximum atomic E-state index is 13.1. The van der Waals surface area contributed by atoms with Crippen molar-refractivity contribution in [3.05, 3.63) is 35.6 Å². The lowest BCUT2D eigenvalue weighted by molar-refractivity contribution is -0.125. The van der Waals surface area contributed by atoms with Gasteiger partial charge in [0.2, 0.25) is 11.8 Å². The molecule has 1 atom stereocenters. The first kappa shape index (κ1) is 19.4. The minimum atomic E-state index is -0.369. The van der Waals surface area contributed by atoms with Crippen LogP contribution in [0, 0.1) is 11.7 Å². The van der Waals surface area contributed by atoms with Crippen LogP contribution in [0.2, 0.25) is 0 Å². The van der Waals surface area contributed by atoms with Gasteiger partial charge >= 0.3 is 0 Å². The molecule has 2 rings (SSSR count). The van der Waals surface area contributed by atoms with Crippen LogP contribution in [0.15, 0.2) is 24.3 Å². The van der Waals surface area contributed by atoms with Gasteiger partial charge in [0.05, 0.1) is 13.0 Å². The van der Waals surface area contributed by atoms with E-state index in [0.717, 1.165) is 32.0 Å². The monoisotopic (exact) mass is 349 g/mol. The predicted octanol–water partition coefficient (Wildman–Crippen LogP) is 1.72. The van der Waals surface area contributed by atoms with Crippen LogP contribution >= 0.6 is 0 Å². The van der Waals surface area contributed by atoms with Crippen molar-refractivity contribution in [2.24, 2.45) is 5.92 Å². The number of carbonyl (C=O) groups excluding carboxylic acids is 2. The van der Waals surface area contributed by atoms with Gasteiger partial charge in [0, 0.05) is 13.1 Å². The largest absolute Gasteiger partial charge is 0.355 e. The van der Waals surface area contributed by atoms with Gasteiger partial charge in [-0.3, -0.25) is 9.59 Å². The number of piperidine rings is 1. The van der Waals surface area contributed by atoms with E-state index in [1.165, 1.54) is 25.0 Å². The van der Waals surface area contributed by atoms with E-state index in [2.05, 4.69) is 22.5 Å². The van der Waals surface area contributed by atoms with Crippen molar-refractivity contribution >= 4 is 11.8 Å². The lowest BCUT2D eigenvalue weighted by Gasteiger charge is -2.30. The number of halogens is 1. The van der Waals surface area contributed by atoms with Crippen LogP contribution in [0.1, 0.15) is 31.7 Å². The molecule has 1 aliphatic heterocycles. The smallest absolute Gasteiger partial charge is 0.239 e. The summed E-state index contributed by atoms with van der Waals surface area (Å²) in [5, 5.41) is 5.38. The fourth-order valence-corrected chi connectivity index (χ4v) is 3.16. The number of rotatable bonds is 8. The molecule has 2 N–H and O–H groups in total. The van der Waals surface area contributed by atoms with Crippen molar-refractivity contribution in [2.45, 2.75) is 32.6 Å². The van der Waals surface area contributed by atoms with E-state index in [1.54, 1.807) is 12.1 Å². The summed E-state index contributed by atoms with van der Waals surface area (Å²) in [4.78, 5) is 26.0. The van der Waals surface area contributed by atoms with Gasteiger partial charge in [0.15, 0.2) is 0 Å². The molecule has 1 aliphatic rings. The number of benzene rings is 1. The molecular formula is C19H28FN3O2. The molecule has 0 aliphatic carbocycles. The van der Waals surface area contributed by atoms with Gasteiger partial charge in [-0.15, -0.1) is 0 Å². The molecule has 0 radical (unpaired) electrons. The molecule has 1 aromatic rings. The van der Waals surface area contributed by atoms with Crippen molar-refractivity contribution in [1.29, 1.82) is 0 Å². The Morgan fingerprint density at radius 3 is 2.88 bits per heavy atom. The molecule has 0 spiro atoms. The Bertz CT molecular complexity index is 580. The Morgan fingerprint density at radius 2 is 2.12 bits per heavy atom. The Hall–Kier alpha value is -1.95. The van der Waals surface area contributed by atoms with Gasteiger partial charge in [0.25, 0.3) is 0 Å². The zero-order valence-corrected chi connectivity index (χ0v) is 14.9. The molecule has 1 unspecified atom stereocenters. The molecule has 1 aromatic carbocycles. The number of nitrogens with zero attached hydrogens (tertiary/aromatic N) is 1. The first-order chi connectivity index (χ1) is 12.0. The number of nitrogens with one attached hydrogen (secondary N) is 2. The van der Waals surface area contributed by atoms with Gasteiger partial charge < -0.3 is 15.5 Å². The third-order valence-corrected chi connectivity index (χ3v) is 4.41. The van der Waals surface area contributed by atoms with Gasteiger partial charge in [-0.25, -0.2) is 4.39 Å². The Morgan fingerprint density at radius 1 is 1.28 bits per heavy atom. The maximum absolute atomic E-state index is 13.1. The summed E-state index contributed by atoms with van der Waals surface area (Å²) in [7, 11) is 0. The third kappa shape index (κ3) is 7.65. The molecule has 5 nitrogen and oxygen atoms in total. The summed E-state index contributed by atoms with van der Waals surface area (Å²) in [5.41, 5.74) is 0.591. The van der Waals surface area contributed by atoms with E-state index in [9.17, 15) is 14.0 Å². The summed E-state index contributed by atoms with van der Waals surface area (Å²) in [6, 6.07) is 5.90. The van der Waals surface area contributed by atoms with E-state index in [0.29, 0.717) is 12.1 Å². The zero-order chi connectivity index (χ0) is 18.1. The molecule has 138 valence electrons. The number of hydrogen-bond donors (Lipinski definition) is 2. The van der Waals surface area contributed by atoms with E-state index >= 15 is 0 Å². The fourth-order valence-electron chi connectivity index (χ4n) is 3.16. The Kier molecular flexibility index (Phi) is 7.85. The van der Waals surface area contributed by atoms with Crippen LogP contribution in [0.4, 0.5) is 4.39 Å². The number of carbonyl (C=O) groups is 2. The molecule has 2 amide bonds. The molecule has 1 heterocycles. The second-order valence-electron chi connectivity index (χ2n) is 6.83. The van der Waals surface area contributed by atoms with Crippen LogP contribution in [0.25, 0.3) is 0 Å². The second kappa shape index (κ2) is 10.1. The number of likely N-dealkylation sites (tertiary alicyclic amines) is 1. The first-order valence-corrected chi connectivity index (χ1v) is 9.03. The van der Waals surface area contributed by atoms with Crippen molar-refractivity contribution in [3.8, 4) is 0 Å². The third-order valence-electron chi connectivity index (χ3n) is 4.41. The van der Waals surface area contributed by atoms with Crippen molar-refractivity contribution < 1.29 is 14.0 Å². The highest BCUT2D eigenvalue weighted by molar-refractivity contribution is 5.85. The highest BCUT2D eigenvalue weighted by Crippen LogP contribution is 2.15. The lowest BCUT2D eigenvalue weighted by atomic mass is 10.0. The minimum Gasteiger partial charge on any atom is -0.355 e.